The SMILES string of the molecule is C[C@H](NC(=O)[C@@H](CCc1ccccc1)NCc1ccncc1)C(=O)NCc1ccc(C(=N)N)cc1. The van der Waals surface area contributed by atoms with E-state index in [-0.39, 0.29) is 17.6 Å². The highest BCUT2D eigenvalue weighted by Gasteiger charge is 2.22. The fourth-order valence-electron chi connectivity index (χ4n) is 3.55. The maximum atomic E-state index is 13.1. The molecule has 0 saturated heterocycles. The van der Waals surface area contributed by atoms with Gasteiger partial charge in [-0.25, -0.2) is 0 Å². The largest absolute Gasteiger partial charge is 0.384 e. The lowest BCUT2D eigenvalue weighted by molar-refractivity contribution is -0.129. The Morgan fingerprint density at radius 3 is 2.20 bits per heavy atom. The number of carbonyl (C=O) groups is 2. The third-order valence-electron chi connectivity index (χ3n) is 5.67. The van der Waals surface area contributed by atoms with E-state index in [1.54, 1.807) is 31.5 Å². The third kappa shape index (κ3) is 8.35. The van der Waals surface area contributed by atoms with Gasteiger partial charge in [0.25, 0.3) is 0 Å². The van der Waals surface area contributed by atoms with Gasteiger partial charge in [0.2, 0.25) is 11.8 Å². The van der Waals surface area contributed by atoms with Crippen molar-refractivity contribution in [2.24, 2.45) is 5.73 Å². The van der Waals surface area contributed by atoms with E-state index in [0.29, 0.717) is 25.1 Å². The van der Waals surface area contributed by atoms with Crippen LogP contribution in [0.2, 0.25) is 0 Å². The number of nitrogen functional groups attached to an aromatic ring is 1. The van der Waals surface area contributed by atoms with Crippen LogP contribution in [0.5, 0.6) is 0 Å². The molecule has 0 aliphatic heterocycles. The first-order chi connectivity index (χ1) is 16.9. The molecule has 0 aliphatic rings. The number of hydrogen-bond donors (Lipinski definition) is 5. The fourth-order valence-corrected chi connectivity index (χ4v) is 3.55. The summed E-state index contributed by atoms with van der Waals surface area (Å²) in [6, 6.07) is 19.7. The first kappa shape index (κ1) is 25.6. The minimum atomic E-state index is -0.694. The van der Waals surface area contributed by atoms with Crippen molar-refractivity contribution < 1.29 is 9.59 Å². The van der Waals surface area contributed by atoms with E-state index in [1.165, 1.54) is 0 Å². The predicted octanol–water partition coefficient (Wildman–Crippen LogP) is 2.28. The van der Waals surface area contributed by atoms with Gasteiger partial charge in [0, 0.05) is 31.0 Å². The van der Waals surface area contributed by atoms with Gasteiger partial charge in [0.05, 0.1) is 6.04 Å². The van der Waals surface area contributed by atoms with Gasteiger partial charge in [-0.05, 0) is 48.6 Å². The molecule has 8 heteroatoms. The number of carbonyl (C=O) groups excluding carboxylic acids is 2. The van der Waals surface area contributed by atoms with Gasteiger partial charge in [-0.15, -0.1) is 0 Å². The molecule has 1 aromatic heterocycles. The Kier molecular flexibility index (Phi) is 9.50. The second-order valence-corrected chi connectivity index (χ2v) is 8.37. The number of nitrogens with two attached hydrogens (primary N) is 1. The number of aryl methyl sites for hydroxylation is 1. The Morgan fingerprint density at radius 1 is 0.886 bits per heavy atom. The number of rotatable bonds is 12. The number of nitrogens with one attached hydrogen (secondary N) is 4. The predicted molar refractivity (Wildman–Crippen MR) is 137 cm³/mol. The molecule has 182 valence electrons. The summed E-state index contributed by atoms with van der Waals surface area (Å²) in [5.41, 5.74) is 9.15. The molecular formula is C27H32N6O2. The monoisotopic (exact) mass is 472 g/mol. The van der Waals surface area contributed by atoms with Crippen LogP contribution in [0.25, 0.3) is 0 Å². The number of aromatic nitrogens is 1. The summed E-state index contributed by atoms with van der Waals surface area (Å²) in [5, 5.41) is 16.5. The fraction of sp³-hybridized carbons (Fsp3) is 0.259. The summed E-state index contributed by atoms with van der Waals surface area (Å²) in [4.78, 5) is 29.7. The number of nitrogens with zero attached hydrogens (tertiary/aromatic N) is 1. The van der Waals surface area contributed by atoms with Crippen molar-refractivity contribution in [3.05, 3.63) is 101 Å². The minimum absolute atomic E-state index is 0.00345. The second-order valence-electron chi connectivity index (χ2n) is 8.37. The Morgan fingerprint density at radius 2 is 1.54 bits per heavy atom. The van der Waals surface area contributed by atoms with Crippen LogP contribution in [0.15, 0.2) is 79.1 Å². The van der Waals surface area contributed by atoms with Gasteiger partial charge in [-0.1, -0.05) is 54.6 Å². The molecule has 8 nitrogen and oxygen atoms in total. The number of hydrogen-bond acceptors (Lipinski definition) is 5. The van der Waals surface area contributed by atoms with E-state index in [9.17, 15) is 9.59 Å². The average Bonchev–Trinajstić information content (AvgIpc) is 2.88. The van der Waals surface area contributed by atoms with Crippen LogP contribution in [0, 0.1) is 5.41 Å². The van der Waals surface area contributed by atoms with E-state index in [4.69, 9.17) is 11.1 Å². The average molecular weight is 473 g/mol. The summed E-state index contributed by atoms with van der Waals surface area (Å²) < 4.78 is 0. The van der Waals surface area contributed by atoms with Crippen LogP contribution in [-0.4, -0.2) is 34.7 Å². The summed E-state index contributed by atoms with van der Waals surface area (Å²) in [5.74, 6) is -0.496. The topological polar surface area (TPSA) is 133 Å². The van der Waals surface area contributed by atoms with E-state index < -0.39 is 12.1 Å². The molecular weight excluding hydrogens is 440 g/mol. The number of amides is 2. The van der Waals surface area contributed by atoms with Gasteiger partial charge in [0.15, 0.2) is 0 Å². The van der Waals surface area contributed by atoms with Gasteiger partial charge >= 0.3 is 0 Å². The molecule has 0 fully saturated rings. The molecule has 2 amide bonds. The summed E-state index contributed by atoms with van der Waals surface area (Å²) in [6.45, 7) is 2.50. The zero-order chi connectivity index (χ0) is 25.0. The smallest absolute Gasteiger partial charge is 0.242 e. The van der Waals surface area contributed by atoms with Crippen LogP contribution in [0.4, 0.5) is 0 Å². The second kappa shape index (κ2) is 13.0. The summed E-state index contributed by atoms with van der Waals surface area (Å²) in [7, 11) is 0. The lowest BCUT2D eigenvalue weighted by atomic mass is 10.0. The minimum Gasteiger partial charge on any atom is -0.384 e. The van der Waals surface area contributed by atoms with Gasteiger partial charge in [-0.2, -0.15) is 0 Å². The Balaban J connectivity index is 1.55. The van der Waals surface area contributed by atoms with Crippen molar-refractivity contribution in [2.75, 3.05) is 0 Å². The van der Waals surface area contributed by atoms with Crippen molar-refractivity contribution in [3.8, 4) is 0 Å². The zero-order valence-electron chi connectivity index (χ0n) is 19.8. The van der Waals surface area contributed by atoms with Crippen LogP contribution >= 0.6 is 0 Å². The molecule has 3 aromatic rings. The molecule has 0 bridgehead atoms. The normalized spacial score (nSPS) is 12.4. The van der Waals surface area contributed by atoms with Crippen LogP contribution in [0.1, 0.15) is 35.6 Å². The lowest BCUT2D eigenvalue weighted by Crippen LogP contribution is -2.51. The van der Waals surface area contributed by atoms with Crippen LogP contribution in [-0.2, 0) is 29.1 Å². The van der Waals surface area contributed by atoms with Crippen molar-refractivity contribution in [2.45, 2.75) is 44.9 Å². The van der Waals surface area contributed by atoms with Crippen LogP contribution < -0.4 is 21.7 Å². The molecule has 0 saturated carbocycles. The van der Waals surface area contributed by atoms with Gasteiger partial charge in [0.1, 0.15) is 11.9 Å². The van der Waals surface area contributed by atoms with Crippen LogP contribution in [0.3, 0.4) is 0 Å². The zero-order valence-corrected chi connectivity index (χ0v) is 19.8. The quantitative estimate of drug-likeness (QED) is 0.204. The van der Waals surface area contributed by atoms with E-state index in [0.717, 1.165) is 23.1 Å². The molecule has 0 radical (unpaired) electrons. The van der Waals surface area contributed by atoms with E-state index in [1.807, 2.05) is 54.6 Å². The molecule has 3 rings (SSSR count). The summed E-state index contributed by atoms with van der Waals surface area (Å²) >= 11 is 0. The molecule has 0 unspecified atom stereocenters. The number of amidine groups is 1. The Labute approximate surface area is 205 Å². The Hall–Kier alpha value is -4.04. The highest BCUT2D eigenvalue weighted by Crippen LogP contribution is 2.08. The molecule has 2 atom stereocenters. The molecule has 0 spiro atoms. The third-order valence-corrected chi connectivity index (χ3v) is 5.67. The number of benzene rings is 2. The Bertz CT molecular complexity index is 1060. The van der Waals surface area contributed by atoms with Crippen molar-refractivity contribution >= 4 is 17.6 Å². The van der Waals surface area contributed by atoms with Gasteiger partial charge < -0.3 is 21.7 Å². The summed E-state index contributed by atoms with van der Waals surface area (Å²) in [6.07, 6.45) is 4.77. The molecule has 0 aliphatic carbocycles. The van der Waals surface area contributed by atoms with Crippen molar-refractivity contribution in [1.82, 2.24) is 20.9 Å². The van der Waals surface area contributed by atoms with E-state index >= 15 is 0 Å². The lowest BCUT2D eigenvalue weighted by Gasteiger charge is -2.21. The maximum absolute atomic E-state index is 13.1. The number of pyridine rings is 1. The molecule has 2 aromatic carbocycles. The standard InChI is InChI=1S/C27H32N6O2/c1-19(26(34)32-18-21-7-10-23(11-8-21)25(28)29)33-27(35)24(12-9-20-5-3-2-4-6-20)31-17-22-13-15-30-16-14-22/h2-8,10-11,13-16,19,24,31H,9,12,17-18H2,1H3,(H3,28,29)(H,32,34)(H,33,35)/t19-,24+/m0/s1. The highest BCUT2D eigenvalue weighted by atomic mass is 16.2. The molecule has 35 heavy (non-hydrogen) atoms. The first-order valence-corrected chi connectivity index (χ1v) is 11.6. The van der Waals surface area contributed by atoms with Crippen molar-refractivity contribution in [3.63, 3.8) is 0 Å². The van der Waals surface area contributed by atoms with Gasteiger partial charge in [-0.3, -0.25) is 20.0 Å². The highest BCUT2D eigenvalue weighted by molar-refractivity contribution is 5.95. The van der Waals surface area contributed by atoms with E-state index in [2.05, 4.69) is 20.9 Å². The maximum Gasteiger partial charge on any atom is 0.242 e. The molecule has 6 N–H and O–H groups in total. The first-order valence-electron chi connectivity index (χ1n) is 11.6. The molecule has 1 heterocycles. The van der Waals surface area contributed by atoms with Crippen molar-refractivity contribution in [1.29, 1.82) is 5.41 Å².